The molecule has 6 heteroatoms. The maximum atomic E-state index is 9.51. The second kappa shape index (κ2) is 7.32. The lowest BCUT2D eigenvalue weighted by Crippen LogP contribution is -2.15. The monoisotopic (exact) mass is 335 g/mol. The summed E-state index contributed by atoms with van der Waals surface area (Å²) in [6, 6.07) is 7.93. The Morgan fingerprint density at radius 2 is 2.12 bits per heavy atom. The Hall–Kier alpha value is -2.91. The number of fused-ring (bicyclic) bond motifs is 1. The quantitative estimate of drug-likeness (QED) is 0.648. The number of hydrogen-bond donors (Lipinski definition) is 0. The predicted octanol–water partition coefficient (Wildman–Crippen LogP) is 2.84. The van der Waals surface area contributed by atoms with E-state index in [0.717, 1.165) is 34.9 Å². The van der Waals surface area contributed by atoms with Crippen molar-refractivity contribution in [2.45, 2.75) is 6.42 Å². The molecule has 0 radical (unpaired) electrons. The van der Waals surface area contributed by atoms with Crippen LogP contribution in [0.4, 0.5) is 0 Å². The topological polar surface area (TPSA) is 67.0 Å². The van der Waals surface area contributed by atoms with Gasteiger partial charge in [0, 0.05) is 37.1 Å². The van der Waals surface area contributed by atoms with Gasteiger partial charge in [0.1, 0.15) is 0 Å². The number of aromatic nitrogens is 3. The van der Waals surface area contributed by atoms with Crippen molar-refractivity contribution in [3.63, 3.8) is 0 Å². The summed E-state index contributed by atoms with van der Waals surface area (Å²) in [5.74, 6) is 0.513. The van der Waals surface area contributed by atoms with Crippen molar-refractivity contribution >= 4 is 10.8 Å². The smallest absolute Gasteiger partial charge is 0.222 e. The van der Waals surface area contributed by atoms with Crippen LogP contribution in [0.1, 0.15) is 12.0 Å². The van der Waals surface area contributed by atoms with Crippen LogP contribution >= 0.6 is 0 Å². The summed E-state index contributed by atoms with van der Waals surface area (Å²) in [6.07, 6.45) is 6.43. The third-order valence-electron chi connectivity index (χ3n) is 4.00. The second-order valence-corrected chi connectivity index (χ2v) is 6.22. The van der Waals surface area contributed by atoms with Crippen molar-refractivity contribution in [1.29, 1.82) is 5.26 Å². The van der Waals surface area contributed by atoms with Crippen LogP contribution in [0.2, 0.25) is 0 Å². The number of nitrogens with zero attached hydrogens (tertiary/aromatic N) is 5. The lowest BCUT2D eigenvalue weighted by Gasteiger charge is -2.13. The molecule has 0 bridgehead atoms. The Labute approximate surface area is 147 Å². The molecule has 0 saturated heterocycles. The zero-order valence-corrected chi connectivity index (χ0v) is 14.7. The van der Waals surface area contributed by atoms with Gasteiger partial charge in [0.15, 0.2) is 0 Å². The minimum atomic E-state index is 0.513. The van der Waals surface area contributed by atoms with Gasteiger partial charge in [-0.2, -0.15) is 10.4 Å². The number of ether oxygens (including phenoxy) is 1. The third kappa shape index (κ3) is 3.62. The van der Waals surface area contributed by atoms with Gasteiger partial charge in [-0.3, -0.25) is 4.68 Å². The Morgan fingerprint density at radius 1 is 1.28 bits per heavy atom. The van der Waals surface area contributed by atoms with E-state index in [2.05, 4.69) is 21.1 Å². The minimum absolute atomic E-state index is 0.513. The first kappa shape index (κ1) is 16.9. The summed E-state index contributed by atoms with van der Waals surface area (Å²) in [7, 11) is 5.94. The van der Waals surface area contributed by atoms with Gasteiger partial charge in [-0.05, 0) is 32.0 Å². The van der Waals surface area contributed by atoms with Gasteiger partial charge in [0.2, 0.25) is 5.88 Å². The molecule has 0 unspecified atom stereocenters. The molecular formula is C19H21N5O. The highest BCUT2D eigenvalue weighted by Crippen LogP contribution is 2.34. The van der Waals surface area contributed by atoms with Gasteiger partial charge >= 0.3 is 0 Å². The molecule has 0 saturated carbocycles. The van der Waals surface area contributed by atoms with E-state index in [1.54, 1.807) is 23.1 Å². The van der Waals surface area contributed by atoms with Gasteiger partial charge in [0.25, 0.3) is 0 Å². The summed E-state index contributed by atoms with van der Waals surface area (Å²) < 4.78 is 7.65. The first-order valence-electron chi connectivity index (χ1n) is 8.18. The standard InChI is InChI=1S/C19H21N5O/c1-23(2)8-5-9-25-19-18-14(10-20)6-4-7-16(18)17(12-21-19)15-11-22-24(3)13-15/h4,6-7,11-13H,5,8-9H2,1-3H3. The van der Waals surface area contributed by atoms with Crippen LogP contribution in [-0.4, -0.2) is 46.9 Å². The molecule has 0 aliphatic rings. The SMILES string of the molecule is CN(C)CCCOc1ncc(-c2cnn(C)c2)c2cccc(C#N)c12. The van der Waals surface area contributed by atoms with E-state index in [0.29, 0.717) is 18.1 Å². The average Bonchev–Trinajstić information content (AvgIpc) is 3.04. The molecule has 0 atom stereocenters. The Bertz CT molecular complexity index is 923. The highest BCUT2D eigenvalue weighted by atomic mass is 16.5. The van der Waals surface area contributed by atoms with Crippen molar-refractivity contribution in [2.75, 3.05) is 27.2 Å². The van der Waals surface area contributed by atoms with Gasteiger partial charge in [-0.1, -0.05) is 12.1 Å². The van der Waals surface area contributed by atoms with E-state index >= 15 is 0 Å². The molecule has 2 heterocycles. The van der Waals surface area contributed by atoms with Crippen molar-refractivity contribution in [3.05, 3.63) is 42.4 Å². The molecule has 0 aliphatic carbocycles. The maximum Gasteiger partial charge on any atom is 0.222 e. The Kier molecular flexibility index (Phi) is 4.96. The largest absolute Gasteiger partial charge is 0.477 e. The lowest BCUT2D eigenvalue weighted by molar-refractivity contribution is 0.276. The third-order valence-corrected chi connectivity index (χ3v) is 4.00. The molecule has 0 aliphatic heterocycles. The van der Waals surface area contributed by atoms with E-state index in [-0.39, 0.29) is 0 Å². The fourth-order valence-corrected chi connectivity index (χ4v) is 2.81. The molecule has 0 N–H and O–H groups in total. The van der Waals surface area contributed by atoms with Crippen LogP contribution in [-0.2, 0) is 7.05 Å². The summed E-state index contributed by atoms with van der Waals surface area (Å²) in [5.41, 5.74) is 2.48. The van der Waals surface area contributed by atoms with Crippen LogP contribution in [0, 0.1) is 11.3 Å². The van der Waals surface area contributed by atoms with Crippen LogP contribution in [0.3, 0.4) is 0 Å². The number of hydrogen-bond acceptors (Lipinski definition) is 5. The van der Waals surface area contributed by atoms with E-state index in [4.69, 9.17) is 4.74 Å². The maximum absolute atomic E-state index is 9.51. The zero-order chi connectivity index (χ0) is 17.8. The number of nitriles is 1. The van der Waals surface area contributed by atoms with E-state index in [9.17, 15) is 5.26 Å². The molecule has 3 rings (SSSR count). The molecule has 3 aromatic rings. The number of aryl methyl sites for hydroxylation is 1. The van der Waals surface area contributed by atoms with E-state index in [1.165, 1.54) is 0 Å². The van der Waals surface area contributed by atoms with Crippen LogP contribution in [0.25, 0.3) is 21.9 Å². The average molecular weight is 335 g/mol. The van der Waals surface area contributed by atoms with E-state index in [1.807, 2.05) is 39.5 Å². The first-order valence-corrected chi connectivity index (χ1v) is 8.18. The van der Waals surface area contributed by atoms with Crippen molar-refractivity contribution < 1.29 is 4.74 Å². The second-order valence-electron chi connectivity index (χ2n) is 6.22. The van der Waals surface area contributed by atoms with Crippen molar-refractivity contribution in [3.8, 4) is 23.1 Å². The molecule has 2 aromatic heterocycles. The normalized spacial score (nSPS) is 11.0. The number of pyridine rings is 1. The van der Waals surface area contributed by atoms with Crippen molar-refractivity contribution in [1.82, 2.24) is 19.7 Å². The minimum Gasteiger partial charge on any atom is -0.477 e. The van der Waals surface area contributed by atoms with Crippen LogP contribution in [0.5, 0.6) is 5.88 Å². The summed E-state index contributed by atoms with van der Waals surface area (Å²) in [5, 5.41) is 15.5. The van der Waals surface area contributed by atoms with Gasteiger partial charge in [-0.15, -0.1) is 0 Å². The lowest BCUT2D eigenvalue weighted by atomic mass is 10.00. The highest BCUT2D eigenvalue weighted by molar-refractivity contribution is 6.01. The molecule has 6 nitrogen and oxygen atoms in total. The summed E-state index contributed by atoms with van der Waals surface area (Å²) >= 11 is 0. The number of rotatable bonds is 6. The summed E-state index contributed by atoms with van der Waals surface area (Å²) in [6.45, 7) is 1.50. The first-order chi connectivity index (χ1) is 12.1. The van der Waals surface area contributed by atoms with Gasteiger partial charge in [-0.25, -0.2) is 4.98 Å². The van der Waals surface area contributed by atoms with Gasteiger partial charge in [0.05, 0.1) is 29.8 Å². The van der Waals surface area contributed by atoms with Crippen molar-refractivity contribution in [2.24, 2.45) is 7.05 Å². The fraction of sp³-hybridized carbons (Fsp3) is 0.316. The van der Waals surface area contributed by atoms with Gasteiger partial charge < -0.3 is 9.64 Å². The van der Waals surface area contributed by atoms with Crippen LogP contribution in [0.15, 0.2) is 36.8 Å². The summed E-state index contributed by atoms with van der Waals surface area (Å²) in [4.78, 5) is 6.61. The van der Waals surface area contributed by atoms with E-state index < -0.39 is 0 Å². The molecule has 128 valence electrons. The molecule has 0 fully saturated rings. The Morgan fingerprint density at radius 3 is 2.80 bits per heavy atom. The molecular weight excluding hydrogens is 314 g/mol. The van der Waals surface area contributed by atoms with Crippen LogP contribution < -0.4 is 4.74 Å². The molecule has 1 aromatic carbocycles. The highest BCUT2D eigenvalue weighted by Gasteiger charge is 2.14. The zero-order valence-electron chi connectivity index (χ0n) is 14.7. The Balaban J connectivity index is 2.03. The predicted molar refractivity (Wildman–Crippen MR) is 97.3 cm³/mol. The molecule has 0 amide bonds. The number of benzene rings is 1. The molecule has 0 spiro atoms. The molecule has 25 heavy (non-hydrogen) atoms. The fourth-order valence-electron chi connectivity index (χ4n) is 2.81.